The summed E-state index contributed by atoms with van der Waals surface area (Å²) in [5.41, 5.74) is 10.0. The van der Waals surface area contributed by atoms with Crippen LogP contribution in [-0.4, -0.2) is 11.2 Å². The van der Waals surface area contributed by atoms with Gasteiger partial charge in [0, 0.05) is 10.9 Å². The van der Waals surface area contributed by atoms with Gasteiger partial charge in [0.25, 0.3) is 0 Å². The van der Waals surface area contributed by atoms with Crippen LogP contribution in [0.15, 0.2) is 52.9 Å². The molecule has 116 valence electrons. The van der Waals surface area contributed by atoms with E-state index in [1.54, 1.807) is 11.3 Å². The fraction of sp³-hybridized carbons (Fsp3) is 0.158. The zero-order valence-electron chi connectivity index (χ0n) is 13.5. The largest absolute Gasteiger partial charge is 0.253 e. The number of hydrogen-bond acceptors (Lipinski definition) is 4. The van der Waals surface area contributed by atoms with E-state index in [-0.39, 0.29) is 0 Å². The van der Waals surface area contributed by atoms with Crippen molar-refractivity contribution in [2.24, 2.45) is 5.10 Å². The van der Waals surface area contributed by atoms with E-state index in [1.807, 2.05) is 24.4 Å². The van der Waals surface area contributed by atoms with E-state index < -0.39 is 0 Å². The number of aromatic nitrogens is 1. The van der Waals surface area contributed by atoms with Crippen LogP contribution in [0.5, 0.6) is 0 Å². The van der Waals surface area contributed by atoms with E-state index in [1.165, 1.54) is 16.7 Å². The highest BCUT2D eigenvalue weighted by atomic mass is 32.1. The van der Waals surface area contributed by atoms with Crippen molar-refractivity contribution in [3.8, 4) is 11.3 Å². The van der Waals surface area contributed by atoms with Crippen LogP contribution in [0.3, 0.4) is 0 Å². The lowest BCUT2D eigenvalue weighted by Crippen LogP contribution is -1.92. The molecule has 0 aliphatic heterocycles. The standard InChI is InChI=1S/C19H19N3S/c1-13-8-9-16(10-15(13)3)18-12-23-19(21-18)22-20-11-17-7-5-4-6-14(17)2/h4-12H,1-3H3,(H,21,22)/b20-11-. The predicted molar refractivity (Wildman–Crippen MR) is 99.4 cm³/mol. The number of benzene rings is 2. The summed E-state index contributed by atoms with van der Waals surface area (Å²) < 4.78 is 0. The van der Waals surface area contributed by atoms with Gasteiger partial charge in [-0.25, -0.2) is 4.98 Å². The Labute approximate surface area is 140 Å². The molecular formula is C19H19N3S. The van der Waals surface area contributed by atoms with E-state index >= 15 is 0 Å². The summed E-state index contributed by atoms with van der Waals surface area (Å²) in [5.74, 6) is 0. The lowest BCUT2D eigenvalue weighted by Gasteiger charge is -2.02. The van der Waals surface area contributed by atoms with Gasteiger partial charge in [-0.2, -0.15) is 5.10 Å². The van der Waals surface area contributed by atoms with Gasteiger partial charge in [0.15, 0.2) is 0 Å². The van der Waals surface area contributed by atoms with Gasteiger partial charge >= 0.3 is 0 Å². The van der Waals surface area contributed by atoms with E-state index in [2.05, 4.69) is 65.9 Å². The topological polar surface area (TPSA) is 37.3 Å². The maximum absolute atomic E-state index is 4.60. The third kappa shape index (κ3) is 3.66. The first kappa shape index (κ1) is 15.4. The fourth-order valence-corrected chi connectivity index (χ4v) is 2.92. The fourth-order valence-electron chi connectivity index (χ4n) is 2.25. The molecular weight excluding hydrogens is 302 g/mol. The second-order valence-corrected chi connectivity index (χ2v) is 6.42. The maximum Gasteiger partial charge on any atom is 0.203 e. The highest BCUT2D eigenvalue weighted by Gasteiger charge is 2.05. The number of anilines is 1. The Bertz CT molecular complexity index is 849. The Morgan fingerprint density at radius 2 is 1.83 bits per heavy atom. The summed E-state index contributed by atoms with van der Waals surface area (Å²) in [4.78, 5) is 4.60. The third-order valence-electron chi connectivity index (χ3n) is 3.86. The van der Waals surface area contributed by atoms with Crippen molar-refractivity contribution in [1.29, 1.82) is 0 Å². The summed E-state index contributed by atoms with van der Waals surface area (Å²) >= 11 is 1.56. The maximum atomic E-state index is 4.60. The Balaban J connectivity index is 1.72. The minimum Gasteiger partial charge on any atom is -0.253 e. The van der Waals surface area contributed by atoms with Crippen LogP contribution in [0.25, 0.3) is 11.3 Å². The SMILES string of the molecule is Cc1ccc(-c2csc(N/N=C\c3ccccc3C)n2)cc1C. The molecule has 2 aromatic carbocycles. The van der Waals surface area contributed by atoms with Crippen LogP contribution in [-0.2, 0) is 0 Å². The van der Waals surface area contributed by atoms with Crippen LogP contribution >= 0.6 is 11.3 Å². The molecule has 3 aromatic rings. The second kappa shape index (κ2) is 6.75. The molecule has 4 heteroatoms. The Morgan fingerprint density at radius 3 is 2.61 bits per heavy atom. The van der Waals surface area contributed by atoms with Gasteiger partial charge in [-0.3, -0.25) is 5.43 Å². The molecule has 0 aliphatic carbocycles. The number of hydrogen-bond donors (Lipinski definition) is 1. The zero-order chi connectivity index (χ0) is 16.2. The van der Waals surface area contributed by atoms with Crippen LogP contribution < -0.4 is 5.43 Å². The van der Waals surface area contributed by atoms with Crippen LogP contribution in [0.1, 0.15) is 22.3 Å². The van der Waals surface area contributed by atoms with Crippen molar-refractivity contribution in [2.75, 3.05) is 5.43 Å². The minimum atomic E-state index is 0.795. The molecule has 0 saturated heterocycles. The van der Waals surface area contributed by atoms with Crippen molar-refractivity contribution in [3.05, 3.63) is 70.1 Å². The number of nitrogens with zero attached hydrogens (tertiary/aromatic N) is 2. The van der Waals surface area contributed by atoms with Gasteiger partial charge in [0.05, 0.1) is 11.9 Å². The normalized spacial score (nSPS) is 11.1. The zero-order valence-corrected chi connectivity index (χ0v) is 14.3. The third-order valence-corrected chi connectivity index (χ3v) is 4.61. The Morgan fingerprint density at radius 1 is 1.00 bits per heavy atom. The predicted octanol–water partition coefficient (Wildman–Crippen LogP) is 5.18. The van der Waals surface area contributed by atoms with Crippen molar-refractivity contribution in [3.63, 3.8) is 0 Å². The molecule has 0 radical (unpaired) electrons. The van der Waals surface area contributed by atoms with E-state index in [4.69, 9.17) is 0 Å². The molecule has 0 unspecified atom stereocenters. The molecule has 3 rings (SSSR count). The minimum absolute atomic E-state index is 0.795. The van der Waals surface area contributed by atoms with E-state index in [9.17, 15) is 0 Å². The molecule has 1 heterocycles. The van der Waals surface area contributed by atoms with Crippen LogP contribution in [0.4, 0.5) is 5.13 Å². The lowest BCUT2D eigenvalue weighted by atomic mass is 10.1. The molecule has 23 heavy (non-hydrogen) atoms. The quantitative estimate of drug-likeness (QED) is 0.531. The van der Waals surface area contributed by atoms with Gasteiger partial charge in [-0.15, -0.1) is 11.3 Å². The van der Waals surface area contributed by atoms with Gasteiger partial charge < -0.3 is 0 Å². The highest BCUT2D eigenvalue weighted by molar-refractivity contribution is 7.14. The highest BCUT2D eigenvalue weighted by Crippen LogP contribution is 2.26. The summed E-state index contributed by atoms with van der Waals surface area (Å²) in [6.07, 6.45) is 1.83. The number of rotatable bonds is 4. The van der Waals surface area contributed by atoms with Crippen LogP contribution in [0, 0.1) is 20.8 Å². The monoisotopic (exact) mass is 321 g/mol. The van der Waals surface area contributed by atoms with Crippen molar-refractivity contribution in [2.45, 2.75) is 20.8 Å². The molecule has 0 aliphatic rings. The van der Waals surface area contributed by atoms with Gasteiger partial charge in [0.1, 0.15) is 0 Å². The van der Waals surface area contributed by atoms with Gasteiger partial charge in [-0.1, -0.05) is 36.4 Å². The first-order chi connectivity index (χ1) is 11.1. The molecule has 0 amide bonds. The molecule has 1 aromatic heterocycles. The molecule has 0 bridgehead atoms. The second-order valence-electron chi connectivity index (χ2n) is 5.56. The summed E-state index contributed by atoms with van der Waals surface area (Å²) in [7, 11) is 0. The first-order valence-electron chi connectivity index (χ1n) is 7.51. The number of thiazole rings is 1. The number of nitrogens with one attached hydrogen (secondary N) is 1. The Kier molecular flexibility index (Phi) is 4.53. The summed E-state index contributed by atoms with van der Waals surface area (Å²) in [6.45, 7) is 6.31. The van der Waals surface area contributed by atoms with Crippen molar-refractivity contribution in [1.82, 2.24) is 4.98 Å². The average molecular weight is 321 g/mol. The van der Waals surface area contributed by atoms with Gasteiger partial charge in [-0.05, 0) is 49.1 Å². The number of aryl methyl sites for hydroxylation is 3. The van der Waals surface area contributed by atoms with E-state index in [0.717, 1.165) is 22.0 Å². The molecule has 1 N–H and O–H groups in total. The molecule has 3 nitrogen and oxygen atoms in total. The molecule has 0 spiro atoms. The smallest absolute Gasteiger partial charge is 0.203 e. The van der Waals surface area contributed by atoms with E-state index in [0.29, 0.717) is 0 Å². The Hall–Kier alpha value is -2.46. The molecule has 0 saturated carbocycles. The van der Waals surface area contributed by atoms with Gasteiger partial charge in [0.2, 0.25) is 5.13 Å². The molecule has 0 fully saturated rings. The van der Waals surface area contributed by atoms with Crippen molar-refractivity contribution < 1.29 is 0 Å². The first-order valence-corrected chi connectivity index (χ1v) is 8.39. The van der Waals surface area contributed by atoms with Crippen LogP contribution in [0.2, 0.25) is 0 Å². The molecule has 0 atom stereocenters. The summed E-state index contributed by atoms with van der Waals surface area (Å²) in [6, 6.07) is 14.6. The summed E-state index contributed by atoms with van der Waals surface area (Å²) in [5, 5.41) is 7.13. The average Bonchev–Trinajstić information content (AvgIpc) is 3.01. The number of hydrazone groups is 1. The van der Waals surface area contributed by atoms with Crippen molar-refractivity contribution >= 4 is 22.7 Å². The lowest BCUT2D eigenvalue weighted by molar-refractivity contribution is 1.28.